The number of nitrogens with zero attached hydrogens (tertiary/aromatic N) is 2. The van der Waals surface area contributed by atoms with E-state index in [1.165, 1.54) is 11.8 Å². The first kappa shape index (κ1) is 17.8. The molecule has 1 saturated heterocycles. The Morgan fingerprint density at radius 3 is 2.54 bits per heavy atom. The van der Waals surface area contributed by atoms with E-state index in [4.69, 9.17) is 10.00 Å². The van der Waals surface area contributed by atoms with Gasteiger partial charge >= 0.3 is 0 Å². The Kier molecular flexibility index (Phi) is 5.40. The normalized spacial score (nSPS) is 16.6. The minimum atomic E-state index is -0.162. The molecule has 6 heteroatoms. The lowest BCUT2D eigenvalue weighted by molar-refractivity contribution is -0.115. The second-order valence-electron chi connectivity index (χ2n) is 5.74. The van der Waals surface area contributed by atoms with Crippen LogP contribution in [0.5, 0.6) is 5.75 Å². The first-order valence-corrected chi connectivity index (χ1v) is 8.84. The zero-order valence-electron chi connectivity index (χ0n) is 14.4. The molecule has 26 heavy (non-hydrogen) atoms. The molecule has 0 spiro atoms. The van der Waals surface area contributed by atoms with Gasteiger partial charge in [-0.1, -0.05) is 30.3 Å². The van der Waals surface area contributed by atoms with E-state index in [0.29, 0.717) is 15.8 Å². The fraction of sp³-hybridized carbons (Fsp3) is 0.150. The predicted octanol–water partition coefficient (Wildman–Crippen LogP) is 4.10. The van der Waals surface area contributed by atoms with Crippen LogP contribution in [-0.4, -0.2) is 17.7 Å². The van der Waals surface area contributed by atoms with Crippen molar-refractivity contribution in [3.63, 3.8) is 0 Å². The highest BCUT2D eigenvalue weighted by atomic mass is 32.2. The third-order valence-electron chi connectivity index (χ3n) is 3.78. The number of rotatable bonds is 4. The summed E-state index contributed by atoms with van der Waals surface area (Å²) in [6.07, 6.45) is 1.81. The summed E-state index contributed by atoms with van der Waals surface area (Å²) in [5.74, 6) is 0.458. The number of amides is 1. The zero-order chi connectivity index (χ0) is 18.5. The third-order valence-corrected chi connectivity index (χ3v) is 4.69. The van der Waals surface area contributed by atoms with Crippen molar-refractivity contribution in [1.82, 2.24) is 5.32 Å². The summed E-state index contributed by atoms with van der Waals surface area (Å²) < 4.78 is 5.22. The van der Waals surface area contributed by atoms with Gasteiger partial charge in [-0.05, 0) is 60.5 Å². The molecule has 2 aromatic rings. The van der Waals surface area contributed by atoms with Gasteiger partial charge < -0.3 is 10.1 Å². The van der Waals surface area contributed by atoms with Gasteiger partial charge in [-0.15, -0.1) is 0 Å². The van der Waals surface area contributed by atoms with Gasteiger partial charge in [-0.3, -0.25) is 4.79 Å². The summed E-state index contributed by atoms with van der Waals surface area (Å²) in [6, 6.07) is 15.1. The molecule has 3 rings (SSSR count). The smallest absolute Gasteiger partial charge is 0.264 e. The molecule has 5 nitrogen and oxygen atoms in total. The number of hydrogen-bond donors (Lipinski definition) is 1. The van der Waals surface area contributed by atoms with Crippen molar-refractivity contribution < 1.29 is 9.53 Å². The van der Waals surface area contributed by atoms with E-state index in [0.717, 1.165) is 22.4 Å². The van der Waals surface area contributed by atoms with Crippen molar-refractivity contribution >= 4 is 34.6 Å². The molecule has 0 unspecified atom stereocenters. The molecule has 0 bridgehead atoms. The molecule has 0 aromatic heterocycles. The van der Waals surface area contributed by atoms with E-state index in [9.17, 15) is 4.79 Å². The van der Waals surface area contributed by atoms with Gasteiger partial charge in [0.05, 0.1) is 10.6 Å². The number of carbonyl (C=O) groups excluding carboxylic acids is 1. The van der Waals surface area contributed by atoms with Crippen LogP contribution in [0.1, 0.15) is 16.7 Å². The fourth-order valence-electron chi connectivity index (χ4n) is 2.49. The minimum absolute atomic E-state index is 0.0108. The highest BCUT2D eigenvalue weighted by molar-refractivity contribution is 8.18. The van der Waals surface area contributed by atoms with Crippen molar-refractivity contribution in [3.8, 4) is 11.8 Å². The van der Waals surface area contributed by atoms with E-state index < -0.39 is 0 Å². The first-order chi connectivity index (χ1) is 12.6. The molecule has 2 aromatic carbocycles. The van der Waals surface area contributed by atoms with Gasteiger partial charge in [-0.2, -0.15) is 5.26 Å². The summed E-state index contributed by atoms with van der Waals surface area (Å²) >= 11 is 1.32. The van der Waals surface area contributed by atoms with Gasteiger partial charge in [0.2, 0.25) is 0 Å². The Labute approximate surface area is 156 Å². The van der Waals surface area contributed by atoms with Crippen LogP contribution in [0.2, 0.25) is 0 Å². The van der Waals surface area contributed by atoms with E-state index in [-0.39, 0.29) is 12.5 Å². The van der Waals surface area contributed by atoms with E-state index in [1.54, 1.807) is 18.2 Å². The topological polar surface area (TPSA) is 74.5 Å². The number of thioether (sulfide) groups is 1. The van der Waals surface area contributed by atoms with Gasteiger partial charge in [0.25, 0.3) is 5.91 Å². The first-order valence-electron chi connectivity index (χ1n) is 8.02. The molecular formula is C20H17N3O2S. The lowest BCUT2D eigenvalue weighted by atomic mass is 10.1. The molecule has 0 aliphatic carbocycles. The number of ether oxygens (including phenoxy) is 1. The summed E-state index contributed by atoms with van der Waals surface area (Å²) in [5.41, 5.74) is 3.89. The van der Waals surface area contributed by atoms with Crippen LogP contribution < -0.4 is 10.1 Å². The monoisotopic (exact) mass is 363 g/mol. The quantitative estimate of drug-likeness (QED) is 0.830. The molecule has 0 saturated carbocycles. The molecule has 1 fully saturated rings. The average molecular weight is 363 g/mol. The number of nitriles is 1. The highest BCUT2D eigenvalue weighted by Gasteiger charge is 2.24. The van der Waals surface area contributed by atoms with E-state index in [2.05, 4.69) is 10.3 Å². The largest absolute Gasteiger partial charge is 0.479 e. The summed E-state index contributed by atoms with van der Waals surface area (Å²) in [7, 11) is 0. The maximum Gasteiger partial charge on any atom is 0.264 e. The SMILES string of the molecule is Cc1cccc(C)c1N=C1NC(=O)/C(=C\c2ccc(OCC#N)cc2)S1. The maximum absolute atomic E-state index is 12.2. The zero-order valence-corrected chi connectivity index (χ0v) is 15.3. The highest BCUT2D eigenvalue weighted by Crippen LogP contribution is 2.30. The lowest BCUT2D eigenvalue weighted by Gasteiger charge is -2.04. The summed E-state index contributed by atoms with van der Waals surface area (Å²) in [5, 5.41) is 11.9. The summed E-state index contributed by atoms with van der Waals surface area (Å²) in [4.78, 5) is 17.4. The van der Waals surface area contributed by atoms with E-state index in [1.807, 2.05) is 50.2 Å². The standard InChI is InChI=1S/C20H17N3O2S/c1-13-4-3-5-14(2)18(13)22-20-23-19(24)17(26-20)12-15-6-8-16(9-7-15)25-11-10-21/h3-9,12H,11H2,1-2H3,(H,22,23,24)/b17-12+. The molecule has 130 valence electrons. The van der Waals surface area contributed by atoms with Gasteiger partial charge in [-0.25, -0.2) is 4.99 Å². The number of amidine groups is 1. The Hall–Kier alpha value is -3.04. The van der Waals surface area contributed by atoms with Crippen LogP contribution in [0.4, 0.5) is 5.69 Å². The number of para-hydroxylation sites is 1. The van der Waals surface area contributed by atoms with E-state index >= 15 is 0 Å². The molecule has 0 atom stereocenters. The van der Waals surface area contributed by atoms with Crippen LogP contribution in [0.15, 0.2) is 52.4 Å². The minimum Gasteiger partial charge on any atom is -0.479 e. The number of benzene rings is 2. The molecular weight excluding hydrogens is 346 g/mol. The molecule has 1 heterocycles. The maximum atomic E-state index is 12.2. The molecule has 1 aliphatic rings. The Morgan fingerprint density at radius 2 is 1.88 bits per heavy atom. The van der Waals surface area contributed by atoms with Crippen molar-refractivity contribution in [2.24, 2.45) is 4.99 Å². The Bertz CT molecular complexity index is 920. The number of nitrogens with one attached hydrogen (secondary N) is 1. The number of aryl methyl sites for hydroxylation is 2. The van der Waals surface area contributed by atoms with Crippen molar-refractivity contribution in [3.05, 3.63) is 64.1 Å². The molecule has 1 amide bonds. The van der Waals surface area contributed by atoms with Gasteiger partial charge in [0.1, 0.15) is 11.8 Å². The van der Waals surface area contributed by atoms with Gasteiger partial charge in [0.15, 0.2) is 11.8 Å². The second-order valence-corrected chi connectivity index (χ2v) is 6.77. The lowest BCUT2D eigenvalue weighted by Crippen LogP contribution is -2.19. The van der Waals surface area contributed by atoms with Crippen LogP contribution in [-0.2, 0) is 4.79 Å². The van der Waals surface area contributed by atoms with Crippen LogP contribution in [0.3, 0.4) is 0 Å². The van der Waals surface area contributed by atoms with Gasteiger partial charge in [0, 0.05) is 0 Å². The third kappa shape index (κ3) is 4.13. The number of aliphatic imine (C=N–C) groups is 1. The Balaban J connectivity index is 1.78. The van der Waals surface area contributed by atoms with Crippen molar-refractivity contribution in [2.45, 2.75) is 13.8 Å². The molecule has 1 N–H and O–H groups in total. The molecule has 1 aliphatic heterocycles. The average Bonchev–Trinajstić information content (AvgIpc) is 2.97. The van der Waals surface area contributed by atoms with Crippen LogP contribution >= 0.6 is 11.8 Å². The van der Waals surface area contributed by atoms with Crippen LogP contribution in [0, 0.1) is 25.2 Å². The number of carbonyl (C=O) groups is 1. The Morgan fingerprint density at radius 1 is 1.19 bits per heavy atom. The molecule has 0 radical (unpaired) electrons. The number of hydrogen-bond acceptors (Lipinski definition) is 5. The summed E-state index contributed by atoms with van der Waals surface area (Å²) in [6.45, 7) is 4.01. The van der Waals surface area contributed by atoms with Crippen molar-refractivity contribution in [2.75, 3.05) is 6.61 Å². The fourth-order valence-corrected chi connectivity index (χ4v) is 3.32. The predicted molar refractivity (Wildman–Crippen MR) is 104 cm³/mol. The van der Waals surface area contributed by atoms with Crippen LogP contribution in [0.25, 0.3) is 6.08 Å². The van der Waals surface area contributed by atoms with Crippen molar-refractivity contribution in [1.29, 1.82) is 5.26 Å². The second kappa shape index (κ2) is 7.89.